The van der Waals surface area contributed by atoms with Crippen LogP contribution in [0.5, 0.6) is 5.75 Å². The summed E-state index contributed by atoms with van der Waals surface area (Å²) in [5.41, 5.74) is 3.14. The molecule has 1 unspecified atom stereocenters. The van der Waals surface area contributed by atoms with E-state index in [2.05, 4.69) is 26.5 Å². The minimum atomic E-state index is -0.223. The largest absolute Gasteiger partial charge is 0.482 e. The van der Waals surface area contributed by atoms with E-state index in [-0.39, 0.29) is 24.5 Å². The number of ether oxygens (including phenoxy) is 1. The highest BCUT2D eigenvalue weighted by molar-refractivity contribution is 6.30. The van der Waals surface area contributed by atoms with Crippen molar-refractivity contribution in [3.63, 3.8) is 0 Å². The van der Waals surface area contributed by atoms with Crippen molar-refractivity contribution in [3.05, 3.63) is 76.6 Å². The number of anilines is 1. The number of benzene rings is 2. The maximum absolute atomic E-state index is 13.3. The number of hydrogen-bond acceptors (Lipinski definition) is 5. The van der Waals surface area contributed by atoms with Crippen molar-refractivity contribution >= 4 is 29.1 Å². The van der Waals surface area contributed by atoms with Crippen molar-refractivity contribution in [1.29, 1.82) is 0 Å². The molecule has 1 atom stereocenters. The molecule has 1 aromatic heterocycles. The van der Waals surface area contributed by atoms with Gasteiger partial charge in [0.25, 0.3) is 11.8 Å². The van der Waals surface area contributed by atoms with Crippen molar-refractivity contribution in [2.24, 2.45) is 0 Å². The fourth-order valence-electron chi connectivity index (χ4n) is 4.37. The summed E-state index contributed by atoms with van der Waals surface area (Å²) in [7, 11) is 0. The van der Waals surface area contributed by atoms with E-state index < -0.39 is 0 Å². The molecule has 0 bridgehead atoms. The minimum absolute atomic E-state index is 0.0111. The summed E-state index contributed by atoms with van der Waals surface area (Å²) in [6, 6.07) is 15.0. The van der Waals surface area contributed by atoms with Gasteiger partial charge in [-0.15, -0.1) is 0 Å². The van der Waals surface area contributed by atoms with Gasteiger partial charge in [0.2, 0.25) is 0 Å². The fraction of sp³-hybridized carbons (Fsp3) is 0.292. The standard InChI is InChI=1S/C24H24ClN5O3/c25-18-3-1-2-16(12-18)7-9-29-10-11-30(14-21(29)19-6-8-26-28-19)24(32)17-4-5-22-20(13-17)27-23(31)15-33-22/h1-6,8,12-13,21H,7,9-11,14-15H2,(H,26,28)(H,27,31). The molecule has 9 heteroatoms. The third-order valence-electron chi connectivity index (χ3n) is 6.08. The number of nitrogens with one attached hydrogen (secondary N) is 2. The first kappa shape index (κ1) is 21.5. The summed E-state index contributed by atoms with van der Waals surface area (Å²) in [4.78, 5) is 29.2. The Hall–Kier alpha value is -3.36. The molecule has 170 valence electrons. The number of H-pyrrole nitrogens is 1. The van der Waals surface area contributed by atoms with E-state index >= 15 is 0 Å². The zero-order valence-electron chi connectivity index (χ0n) is 18.0. The Bertz CT molecular complexity index is 1170. The van der Waals surface area contributed by atoms with E-state index in [0.29, 0.717) is 30.1 Å². The molecule has 2 aromatic carbocycles. The molecule has 0 saturated carbocycles. The lowest BCUT2D eigenvalue weighted by molar-refractivity contribution is -0.118. The zero-order valence-corrected chi connectivity index (χ0v) is 18.7. The molecule has 3 heterocycles. The van der Waals surface area contributed by atoms with Crippen LogP contribution in [0.3, 0.4) is 0 Å². The number of rotatable bonds is 5. The number of hydrogen-bond donors (Lipinski definition) is 2. The highest BCUT2D eigenvalue weighted by Crippen LogP contribution is 2.30. The maximum Gasteiger partial charge on any atom is 0.262 e. The number of nitrogens with zero attached hydrogens (tertiary/aromatic N) is 3. The second-order valence-electron chi connectivity index (χ2n) is 8.23. The molecule has 3 aromatic rings. The zero-order chi connectivity index (χ0) is 22.8. The van der Waals surface area contributed by atoms with Crippen molar-refractivity contribution in [2.45, 2.75) is 12.5 Å². The van der Waals surface area contributed by atoms with Gasteiger partial charge in [-0.05, 0) is 48.4 Å². The van der Waals surface area contributed by atoms with Crippen LogP contribution < -0.4 is 10.1 Å². The average Bonchev–Trinajstić information content (AvgIpc) is 3.37. The second-order valence-corrected chi connectivity index (χ2v) is 8.67. The Labute approximate surface area is 196 Å². The normalized spacial score (nSPS) is 18.4. The highest BCUT2D eigenvalue weighted by Gasteiger charge is 2.32. The molecule has 8 nitrogen and oxygen atoms in total. The summed E-state index contributed by atoms with van der Waals surface area (Å²) in [5.74, 6) is 0.276. The molecule has 2 aliphatic heterocycles. The molecule has 0 radical (unpaired) electrons. The molecule has 0 spiro atoms. The predicted octanol–water partition coefficient (Wildman–Crippen LogP) is 3.14. The minimum Gasteiger partial charge on any atom is -0.482 e. The fourth-order valence-corrected chi connectivity index (χ4v) is 4.59. The number of carbonyl (C=O) groups excluding carboxylic acids is 2. The van der Waals surface area contributed by atoms with E-state index in [1.807, 2.05) is 29.2 Å². The van der Waals surface area contributed by atoms with Crippen LogP contribution in [-0.4, -0.2) is 64.6 Å². The summed E-state index contributed by atoms with van der Waals surface area (Å²) < 4.78 is 5.40. The van der Waals surface area contributed by atoms with Gasteiger partial charge in [-0.3, -0.25) is 19.6 Å². The van der Waals surface area contributed by atoms with Crippen molar-refractivity contribution < 1.29 is 14.3 Å². The molecule has 1 saturated heterocycles. The van der Waals surface area contributed by atoms with E-state index in [1.165, 1.54) is 5.56 Å². The first-order chi connectivity index (χ1) is 16.1. The van der Waals surface area contributed by atoms with Gasteiger partial charge in [0.1, 0.15) is 5.75 Å². The number of fused-ring (bicyclic) bond motifs is 1. The molecule has 0 aliphatic carbocycles. The number of amides is 2. The lowest BCUT2D eigenvalue weighted by atomic mass is 10.0. The molecular weight excluding hydrogens is 442 g/mol. The lowest BCUT2D eigenvalue weighted by Gasteiger charge is -2.41. The SMILES string of the molecule is O=C1COc2ccc(C(=O)N3CCN(CCc4cccc(Cl)c4)C(c4cc[nH]n4)C3)cc2N1. The van der Waals surface area contributed by atoms with Gasteiger partial charge in [0, 0.05) is 43.0 Å². The van der Waals surface area contributed by atoms with Gasteiger partial charge in [0.15, 0.2) is 6.61 Å². The summed E-state index contributed by atoms with van der Waals surface area (Å²) >= 11 is 6.14. The molecule has 1 fully saturated rings. The Morgan fingerprint density at radius 3 is 2.91 bits per heavy atom. The molecule has 5 rings (SSSR count). The number of aromatic amines is 1. The van der Waals surface area contributed by atoms with Crippen LogP contribution in [0.1, 0.15) is 27.7 Å². The van der Waals surface area contributed by atoms with Crippen molar-refractivity contribution in [3.8, 4) is 5.75 Å². The highest BCUT2D eigenvalue weighted by atomic mass is 35.5. The Morgan fingerprint density at radius 1 is 1.18 bits per heavy atom. The molecular formula is C24H24ClN5O3. The summed E-state index contributed by atoms with van der Waals surface area (Å²) in [5, 5.41) is 10.8. The molecule has 2 N–H and O–H groups in total. The number of carbonyl (C=O) groups is 2. The van der Waals surface area contributed by atoms with Gasteiger partial charge in [0.05, 0.1) is 17.4 Å². The van der Waals surface area contributed by atoms with Gasteiger partial charge in [-0.25, -0.2) is 0 Å². The quantitative estimate of drug-likeness (QED) is 0.604. The second kappa shape index (κ2) is 9.25. The molecule has 2 aliphatic rings. The average molecular weight is 466 g/mol. The van der Waals surface area contributed by atoms with E-state index in [0.717, 1.165) is 30.2 Å². The molecule has 33 heavy (non-hydrogen) atoms. The predicted molar refractivity (Wildman–Crippen MR) is 125 cm³/mol. The smallest absolute Gasteiger partial charge is 0.262 e. The van der Waals surface area contributed by atoms with Crippen LogP contribution in [0.25, 0.3) is 0 Å². The number of halogens is 1. The lowest BCUT2D eigenvalue weighted by Crippen LogP contribution is -2.51. The van der Waals surface area contributed by atoms with Crippen LogP contribution in [0, 0.1) is 0 Å². The number of piperazine rings is 1. The summed E-state index contributed by atoms with van der Waals surface area (Å²) in [6.07, 6.45) is 2.66. The van der Waals surface area contributed by atoms with E-state index in [4.69, 9.17) is 16.3 Å². The van der Waals surface area contributed by atoms with Gasteiger partial charge < -0.3 is 15.0 Å². The first-order valence-corrected chi connectivity index (χ1v) is 11.3. The third-order valence-corrected chi connectivity index (χ3v) is 6.31. The van der Waals surface area contributed by atoms with Crippen LogP contribution in [0.2, 0.25) is 5.02 Å². The van der Waals surface area contributed by atoms with Gasteiger partial charge in [-0.2, -0.15) is 5.10 Å². The van der Waals surface area contributed by atoms with Crippen LogP contribution in [0.15, 0.2) is 54.7 Å². The summed E-state index contributed by atoms with van der Waals surface area (Å²) in [6.45, 7) is 2.69. The van der Waals surface area contributed by atoms with Gasteiger partial charge in [-0.1, -0.05) is 23.7 Å². The third kappa shape index (κ3) is 4.72. The van der Waals surface area contributed by atoms with Crippen molar-refractivity contribution in [1.82, 2.24) is 20.0 Å². The maximum atomic E-state index is 13.3. The number of aromatic nitrogens is 2. The van der Waals surface area contributed by atoms with Crippen LogP contribution >= 0.6 is 11.6 Å². The van der Waals surface area contributed by atoms with E-state index in [1.54, 1.807) is 24.4 Å². The monoisotopic (exact) mass is 465 g/mol. The van der Waals surface area contributed by atoms with E-state index in [9.17, 15) is 9.59 Å². The van der Waals surface area contributed by atoms with Crippen LogP contribution in [0.4, 0.5) is 5.69 Å². The Kier molecular flexibility index (Phi) is 6.02. The van der Waals surface area contributed by atoms with Crippen molar-refractivity contribution in [2.75, 3.05) is 38.1 Å². The topological polar surface area (TPSA) is 90.6 Å². The Balaban J connectivity index is 1.31. The van der Waals surface area contributed by atoms with Crippen LogP contribution in [-0.2, 0) is 11.2 Å². The first-order valence-electron chi connectivity index (χ1n) is 10.9. The Morgan fingerprint density at radius 2 is 2.09 bits per heavy atom. The molecule has 2 amide bonds. The van der Waals surface area contributed by atoms with Gasteiger partial charge >= 0.3 is 0 Å².